The fourth-order valence-electron chi connectivity index (χ4n) is 3.62. The van der Waals surface area contributed by atoms with E-state index in [0.717, 1.165) is 21.0 Å². The Balaban J connectivity index is 2.15. The van der Waals surface area contributed by atoms with Gasteiger partial charge in [-0.25, -0.2) is 12.7 Å². The van der Waals surface area contributed by atoms with Gasteiger partial charge in [0.1, 0.15) is 0 Å². The van der Waals surface area contributed by atoms with Gasteiger partial charge < -0.3 is 0 Å². The van der Waals surface area contributed by atoms with Crippen LogP contribution in [0, 0.1) is 24.3 Å². The summed E-state index contributed by atoms with van der Waals surface area (Å²) in [5.74, 6) is -0.547. The van der Waals surface area contributed by atoms with Crippen LogP contribution in [0.4, 0.5) is 5.69 Å². The lowest BCUT2D eigenvalue weighted by molar-refractivity contribution is -0.115. The zero-order valence-corrected chi connectivity index (χ0v) is 19.7. The van der Waals surface area contributed by atoms with Gasteiger partial charge in [0.05, 0.1) is 10.6 Å². The average molecular weight is 519 g/mol. The van der Waals surface area contributed by atoms with Crippen LogP contribution in [0.3, 0.4) is 0 Å². The molecule has 0 radical (unpaired) electrons. The minimum Gasteiger partial charge on any atom is -0.274 e. The largest absolute Gasteiger partial charge is 0.274 e. The number of rotatable bonds is 4. The van der Waals surface area contributed by atoms with E-state index < -0.39 is 15.9 Å². The smallest absolute Gasteiger partial charge is 0.271 e. The van der Waals surface area contributed by atoms with Crippen molar-refractivity contribution in [1.29, 1.82) is 0 Å². The van der Waals surface area contributed by atoms with E-state index in [0.29, 0.717) is 20.4 Å². The lowest BCUT2D eigenvalue weighted by Crippen LogP contribution is -2.36. The second-order valence-electron chi connectivity index (χ2n) is 7.05. The monoisotopic (exact) mass is 519 g/mol. The van der Waals surface area contributed by atoms with Crippen LogP contribution in [-0.2, 0) is 14.8 Å². The molecule has 0 aromatic heterocycles. The van der Waals surface area contributed by atoms with Gasteiger partial charge in [-0.05, 0) is 77.7 Å². The van der Waals surface area contributed by atoms with Gasteiger partial charge >= 0.3 is 0 Å². The highest BCUT2D eigenvalue weighted by molar-refractivity contribution is 14.1. The lowest BCUT2D eigenvalue weighted by atomic mass is 10.1. The van der Waals surface area contributed by atoms with E-state index in [1.54, 1.807) is 19.9 Å². The normalized spacial score (nSPS) is 11.3. The summed E-state index contributed by atoms with van der Waals surface area (Å²) in [6.07, 6.45) is 0. The maximum atomic E-state index is 13.5. The first-order chi connectivity index (χ1) is 13.6. The molecule has 6 heteroatoms. The van der Waals surface area contributed by atoms with Crippen molar-refractivity contribution in [3.8, 4) is 11.1 Å². The molecule has 0 aliphatic rings. The van der Waals surface area contributed by atoms with E-state index in [4.69, 9.17) is 0 Å². The van der Waals surface area contributed by atoms with Crippen molar-refractivity contribution >= 4 is 44.2 Å². The number of amides is 1. The SMILES string of the molecule is CC(=O)N(c1ccc(-c2ccccc2)cc1I)S(=O)(=O)c1c(C)cc(C)cc1C. The summed E-state index contributed by atoms with van der Waals surface area (Å²) in [6, 6.07) is 18.9. The Morgan fingerprint density at radius 1 is 0.862 bits per heavy atom. The van der Waals surface area contributed by atoms with E-state index in [1.165, 1.54) is 6.92 Å². The molecule has 1 amide bonds. The standard InChI is InChI=1S/C23H22INO3S/c1-15-12-16(2)23(17(3)13-15)29(27,28)25(18(4)26)22-11-10-20(14-21(22)24)19-8-6-5-7-9-19/h5-14H,1-4H3. The number of benzene rings is 3. The summed E-state index contributed by atoms with van der Waals surface area (Å²) < 4.78 is 28.7. The van der Waals surface area contributed by atoms with E-state index in [1.807, 2.05) is 61.5 Å². The van der Waals surface area contributed by atoms with Crippen molar-refractivity contribution in [1.82, 2.24) is 0 Å². The minimum absolute atomic E-state index is 0.182. The Hall–Kier alpha value is -2.19. The first-order valence-electron chi connectivity index (χ1n) is 9.11. The van der Waals surface area contributed by atoms with Gasteiger partial charge in [-0.1, -0.05) is 54.1 Å². The number of nitrogens with zero attached hydrogens (tertiary/aromatic N) is 1. The summed E-state index contributed by atoms with van der Waals surface area (Å²) >= 11 is 2.09. The fourth-order valence-corrected chi connectivity index (χ4v) is 6.41. The Labute approximate surface area is 185 Å². The number of halogens is 1. The predicted molar refractivity (Wildman–Crippen MR) is 126 cm³/mol. The molecule has 4 nitrogen and oxygen atoms in total. The topological polar surface area (TPSA) is 54.5 Å². The van der Waals surface area contributed by atoms with Crippen molar-refractivity contribution in [3.05, 3.63) is 80.9 Å². The molecule has 3 aromatic rings. The van der Waals surface area contributed by atoms with Crippen LogP contribution in [0.15, 0.2) is 65.6 Å². The van der Waals surface area contributed by atoms with Crippen LogP contribution < -0.4 is 4.31 Å². The first kappa shape index (κ1) is 21.5. The van der Waals surface area contributed by atoms with Crippen molar-refractivity contribution in [3.63, 3.8) is 0 Å². The molecule has 0 aliphatic heterocycles. The van der Waals surface area contributed by atoms with E-state index in [-0.39, 0.29) is 4.90 Å². The van der Waals surface area contributed by atoms with Crippen LogP contribution in [0.5, 0.6) is 0 Å². The molecule has 0 aliphatic carbocycles. The summed E-state index contributed by atoms with van der Waals surface area (Å²) in [7, 11) is -4.05. The van der Waals surface area contributed by atoms with Gasteiger partial charge in [0, 0.05) is 10.5 Å². The number of hydrogen-bond donors (Lipinski definition) is 0. The highest BCUT2D eigenvalue weighted by Gasteiger charge is 2.32. The fraction of sp³-hybridized carbons (Fsp3) is 0.174. The number of anilines is 1. The summed E-state index contributed by atoms with van der Waals surface area (Å²) in [5.41, 5.74) is 4.59. The molecule has 0 fully saturated rings. The lowest BCUT2D eigenvalue weighted by Gasteiger charge is -2.25. The quantitative estimate of drug-likeness (QED) is 0.421. The molecule has 0 spiro atoms. The molecule has 0 saturated heterocycles. The summed E-state index contributed by atoms with van der Waals surface area (Å²) in [6.45, 7) is 6.71. The minimum atomic E-state index is -4.05. The van der Waals surface area contributed by atoms with Gasteiger partial charge in [-0.15, -0.1) is 0 Å². The molecule has 0 unspecified atom stereocenters. The van der Waals surface area contributed by atoms with Crippen LogP contribution in [0.2, 0.25) is 0 Å². The van der Waals surface area contributed by atoms with Gasteiger partial charge in [-0.3, -0.25) is 4.79 Å². The molecule has 150 valence electrons. The Bertz CT molecular complexity index is 1160. The van der Waals surface area contributed by atoms with Crippen LogP contribution in [-0.4, -0.2) is 14.3 Å². The van der Waals surface area contributed by atoms with E-state index in [9.17, 15) is 13.2 Å². The summed E-state index contributed by atoms with van der Waals surface area (Å²) in [5, 5.41) is 0. The van der Waals surface area contributed by atoms with Crippen molar-refractivity contribution in [2.75, 3.05) is 4.31 Å². The molecule has 0 saturated carbocycles. The van der Waals surface area contributed by atoms with E-state index in [2.05, 4.69) is 22.6 Å². The molecule has 0 atom stereocenters. The molecule has 3 rings (SSSR count). The highest BCUT2D eigenvalue weighted by atomic mass is 127. The Kier molecular flexibility index (Phi) is 6.14. The Morgan fingerprint density at radius 3 is 1.97 bits per heavy atom. The third kappa shape index (κ3) is 4.23. The first-order valence-corrected chi connectivity index (χ1v) is 11.6. The summed E-state index contributed by atoms with van der Waals surface area (Å²) in [4.78, 5) is 12.7. The third-order valence-corrected chi connectivity index (χ3v) is 7.62. The molecular formula is C23H22INO3S. The maximum absolute atomic E-state index is 13.5. The van der Waals surface area contributed by atoms with Crippen molar-refractivity contribution in [2.45, 2.75) is 32.6 Å². The molecule has 0 heterocycles. The number of carbonyl (C=O) groups excluding carboxylic acids is 1. The zero-order valence-electron chi connectivity index (χ0n) is 16.7. The zero-order chi connectivity index (χ0) is 21.3. The van der Waals surface area contributed by atoms with Crippen LogP contribution in [0.25, 0.3) is 11.1 Å². The third-order valence-electron chi connectivity index (χ3n) is 4.66. The molecule has 3 aromatic carbocycles. The van der Waals surface area contributed by atoms with E-state index >= 15 is 0 Å². The molecule has 0 N–H and O–H groups in total. The Morgan fingerprint density at radius 2 is 1.45 bits per heavy atom. The maximum Gasteiger partial charge on any atom is 0.271 e. The van der Waals surface area contributed by atoms with Crippen LogP contribution in [0.1, 0.15) is 23.6 Å². The molecule has 0 bridgehead atoms. The van der Waals surface area contributed by atoms with Crippen molar-refractivity contribution < 1.29 is 13.2 Å². The molecular weight excluding hydrogens is 497 g/mol. The van der Waals surface area contributed by atoms with Crippen molar-refractivity contribution in [2.24, 2.45) is 0 Å². The number of carbonyl (C=O) groups is 1. The number of hydrogen-bond acceptors (Lipinski definition) is 3. The van der Waals surface area contributed by atoms with Gasteiger partial charge in [0.2, 0.25) is 5.91 Å². The second kappa shape index (κ2) is 8.28. The number of sulfonamides is 1. The predicted octanol–water partition coefficient (Wildman–Crippen LogP) is 5.63. The highest BCUT2D eigenvalue weighted by Crippen LogP contribution is 2.34. The number of aryl methyl sites for hydroxylation is 3. The van der Waals surface area contributed by atoms with Gasteiger partial charge in [-0.2, -0.15) is 0 Å². The second-order valence-corrected chi connectivity index (χ2v) is 9.93. The van der Waals surface area contributed by atoms with Crippen LogP contribution >= 0.6 is 22.6 Å². The average Bonchev–Trinajstić information content (AvgIpc) is 2.62. The van der Waals surface area contributed by atoms with Gasteiger partial charge in [0.15, 0.2) is 0 Å². The molecule has 29 heavy (non-hydrogen) atoms. The van der Waals surface area contributed by atoms with Gasteiger partial charge in [0.25, 0.3) is 10.0 Å².